The lowest BCUT2D eigenvalue weighted by molar-refractivity contribution is -0.137. The zero-order valence-electron chi connectivity index (χ0n) is 10.2. The largest absolute Gasteiger partial charge is 0.416 e. The molecule has 0 unspecified atom stereocenters. The molecule has 0 spiro atoms. The van der Waals surface area contributed by atoms with Crippen molar-refractivity contribution < 1.29 is 18.0 Å². The fraction of sp³-hybridized carbons (Fsp3) is 0.133. The molecule has 20 heavy (non-hydrogen) atoms. The number of ketones is 1. The van der Waals surface area contributed by atoms with E-state index >= 15 is 0 Å². The minimum atomic E-state index is -4.35. The number of hydrogen-bond donors (Lipinski definition) is 0. The normalized spacial score (nSPS) is 11.4. The van der Waals surface area contributed by atoms with Crippen LogP contribution in [0.15, 0.2) is 53.0 Å². The molecule has 0 amide bonds. The maximum atomic E-state index is 12.4. The molecule has 1 nitrogen and oxygen atoms in total. The average molecular weight is 343 g/mol. The van der Waals surface area contributed by atoms with Gasteiger partial charge in [-0.25, -0.2) is 0 Å². The number of hydrogen-bond acceptors (Lipinski definition) is 1. The van der Waals surface area contributed by atoms with Gasteiger partial charge in [-0.15, -0.1) is 0 Å². The molecular weight excluding hydrogens is 333 g/mol. The molecule has 0 fully saturated rings. The molecule has 104 valence electrons. The second-order valence-corrected chi connectivity index (χ2v) is 5.22. The third-order valence-electron chi connectivity index (χ3n) is 2.81. The van der Waals surface area contributed by atoms with Crippen molar-refractivity contribution in [2.24, 2.45) is 0 Å². The number of halogens is 4. The van der Waals surface area contributed by atoms with Gasteiger partial charge in [0.1, 0.15) is 0 Å². The van der Waals surface area contributed by atoms with Crippen molar-refractivity contribution in [2.75, 3.05) is 0 Å². The molecular formula is C15H10BrF3O. The Morgan fingerprint density at radius 1 is 0.950 bits per heavy atom. The monoisotopic (exact) mass is 342 g/mol. The van der Waals surface area contributed by atoms with Gasteiger partial charge in [-0.1, -0.05) is 40.2 Å². The van der Waals surface area contributed by atoms with Gasteiger partial charge in [-0.3, -0.25) is 4.79 Å². The van der Waals surface area contributed by atoms with Gasteiger partial charge < -0.3 is 0 Å². The summed E-state index contributed by atoms with van der Waals surface area (Å²) in [7, 11) is 0. The third kappa shape index (κ3) is 3.70. The zero-order chi connectivity index (χ0) is 14.8. The molecule has 0 saturated carbocycles. The van der Waals surface area contributed by atoms with Crippen LogP contribution < -0.4 is 0 Å². The van der Waals surface area contributed by atoms with Crippen molar-refractivity contribution >= 4 is 21.7 Å². The number of Topliss-reactive ketones (excluding diaryl/α,β-unsaturated/α-hetero) is 1. The summed E-state index contributed by atoms with van der Waals surface area (Å²) < 4.78 is 38.1. The van der Waals surface area contributed by atoms with E-state index in [0.717, 1.165) is 16.6 Å². The highest BCUT2D eigenvalue weighted by Gasteiger charge is 2.29. The summed E-state index contributed by atoms with van der Waals surface area (Å²) in [5.74, 6) is -0.128. The van der Waals surface area contributed by atoms with Crippen LogP contribution in [0.25, 0.3) is 0 Å². The smallest absolute Gasteiger partial charge is 0.294 e. The van der Waals surface area contributed by atoms with Crippen molar-refractivity contribution in [3.8, 4) is 0 Å². The van der Waals surface area contributed by atoms with Gasteiger partial charge in [0, 0.05) is 16.5 Å². The van der Waals surface area contributed by atoms with Crippen molar-refractivity contribution in [3.63, 3.8) is 0 Å². The summed E-state index contributed by atoms with van der Waals surface area (Å²) in [6.45, 7) is 0. The van der Waals surface area contributed by atoms with Crippen molar-refractivity contribution in [3.05, 3.63) is 69.7 Å². The molecule has 0 aliphatic carbocycles. The van der Waals surface area contributed by atoms with Crippen LogP contribution >= 0.6 is 15.9 Å². The average Bonchev–Trinajstić information content (AvgIpc) is 2.39. The quantitative estimate of drug-likeness (QED) is 0.725. The first-order chi connectivity index (χ1) is 9.36. The topological polar surface area (TPSA) is 17.1 Å². The lowest BCUT2D eigenvalue weighted by Crippen LogP contribution is -2.06. The second-order valence-electron chi connectivity index (χ2n) is 4.30. The highest BCUT2D eigenvalue weighted by atomic mass is 79.9. The Labute approximate surface area is 122 Å². The van der Waals surface area contributed by atoms with E-state index in [-0.39, 0.29) is 12.2 Å². The lowest BCUT2D eigenvalue weighted by Gasteiger charge is -2.07. The van der Waals surface area contributed by atoms with Gasteiger partial charge in [-0.05, 0) is 29.8 Å². The molecule has 0 aromatic heterocycles. The molecule has 0 radical (unpaired) electrons. The maximum Gasteiger partial charge on any atom is 0.416 e. The highest BCUT2D eigenvalue weighted by molar-refractivity contribution is 9.10. The summed E-state index contributed by atoms with van der Waals surface area (Å²) in [6, 6.07) is 11.5. The molecule has 2 aromatic carbocycles. The second kappa shape index (κ2) is 5.79. The van der Waals surface area contributed by atoms with E-state index in [1.807, 2.05) is 0 Å². The van der Waals surface area contributed by atoms with Crippen LogP contribution in [0.4, 0.5) is 13.2 Å². The molecule has 2 aromatic rings. The highest BCUT2D eigenvalue weighted by Crippen LogP contribution is 2.29. The standard InChI is InChI=1S/C15H10BrF3O/c16-13-7-3-11(4-8-13)14(20)9-10-1-5-12(6-2-10)15(17,18)19/h1-8H,9H2. The number of alkyl halides is 3. The lowest BCUT2D eigenvalue weighted by atomic mass is 10.0. The Hall–Kier alpha value is -1.62. The minimum absolute atomic E-state index is 0.0831. The van der Waals surface area contributed by atoms with E-state index in [2.05, 4.69) is 15.9 Å². The van der Waals surface area contributed by atoms with Crippen LogP contribution in [0.3, 0.4) is 0 Å². The van der Waals surface area contributed by atoms with E-state index in [0.29, 0.717) is 11.1 Å². The van der Waals surface area contributed by atoms with Crippen LogP contribution in [0.2, 0.25) is 0 Å². The fourth-order valence-electron chi connectivity index (χ4n) is 1.73. The SMILES string of the molecule is O=C(Cc1ccc(C(F)(F)F)cc1)c1ccc(Br)cc1. The Morgan fingerprint density at radius 3 is 2.00 bits per heavy atom. The third-order valence-corrected chi connectivity index (χ3v) is 3.34. The molecule has 0 saturated heterocycles. The maximum absolute atomic E-state index is 12.4. The molecule has 2 rings (SSSR count). The van der Waals surface area contributed by atoms with Gasteiger partial charge >= 0.3 is 6.18 Å². The fourth-order valence-corrected chi connectivity index (χ4v) is 2.00. The van der Waals surface area contributed by atoms with Crippen LogP contribution in [0, 0.1) is 0 Å². The first kappa shape index (κ1) is 14.8. The van der Waals surface area contributed by atoms with Crippen molar-refractivity contribution in [1.82, 2.24) is 0 Å². The zero-order valence-corrected chi connectivity index (χ0v) is 11.8. The molecule has 5 heteroatoms. The Morgan fingerprint density at radius 2 is 1.50 bits per heavy atom. The van der Waals surface area contributed by atoms with Crippen molar-refractivity contribution in [2.45, 2.75) is 12.6 Å². The van der Waals surface area contributed by atoms with Crippen LogP contribution in [-0.4, -0.2) is 5.78 Å². The number of benzene rings is 2. The van der Waals surface area contributed by atoms with E-state index < -0.39 is 11.7 Å². The van der Waals surface area contributed by atoms with E-state index in [4.69, 9.17) is 0 Å². The first-order valence-corrected chi connectivity index (χ1v) is 6.60. The van der Waals surface area contributed by atoms with E-state index in [9.17, 15) is 18.0 Å². The van der Waals surface area contributed by atoms with Gasteiger partial charge in [0.2, 0.25) is 0 Å². The number of carbonyl (C=O) groups excluding carboxylic acids is 1. The van der Waals surface area contributed by atoms with Gasteiger partial charge in [0.15, 0.2) is 5.78 Å². The summed E-state index contributed by atoms with van der Waals surface area (Å²) >= 11 is 3.27. The molecule has 0 aliphatic heterocycles. The predicted octanol–water partition coefficient (Wildman–Crippen LogP) is 4.89. The molecule has 0 N–H and O–H groups in total. The summed E-state index contributed by atoms with van der Waals surface area (Å²) in [5, 5.41) is 0. The van der Waals surface area contributed by atoms with Gasteiger partial charge in [0.05, 0.1) is 5.56 Å². The van der Waals surface area contributed by atoms with E-state index in [1.54, 1.807) is 24.3 Å². The van der Waals surface area contributed by atoms with Crippen LogP contribution in [-0.2, 0) is 12.6 Å². The van der Waals surface area contributed by atoms with Crippen LogP contribution in [0.1, 0.15) is 21.5 Å². The Bertz CT molecular complexity index is 601. The van der Waals surface area contributed by atoms with Gasteiger partial charge in [-0.2, -0.15) is 13.2 Å². The summed E-state index contributed by atoms with van der Waals surface area (Å²) in [4.78, 5) is 12.0. The van der Waals surface area contributed by atoms with Gasteiger partial charge in [0.25, 0.3) is 0 Å². The molecule has 0 bridgehead atoms. The number of rotatable bonds is 3. The van der Waals surface area contributed by atoms with E-state index in [1.165, 1.54) is 12.1 Å². The molecule has 0 atom stereocenters. The minimum Gasteiger partial charge on any atom is -0.294 e. The summed E-state index contributed by atoms with van der Waals surface area (Å²) in [5.41, 5.74) is 0.386. The molecule has 0 heterocycles. The number of carbonyl (C=O) groups is 1. The molecule has 0 aliphatic rings. The Kier molecular flexibility index (Phi) is 4.28. The first-order valence-electron chi connectivity index (χ1n) is 5.81. The summed E-state index contributed by atoms with van der Waals surface area (Å²) in [6.07, 6.45) is -4.27. The predicted molar refractivity (Wildman–Crippen MR) is 73.6 cm³/mol. The van der Waals surface area contributed by atoms with Crippen LogP contribution in [0.5, 0.6) is 0 Å². The van der Waals surface area contributed by atoms with Crippen molar-refractivity contribution in [1.29, 1.82) is 0 Å². The Balaban J connectivity index is 2.10.